The van der Waals surface area contributed by atoms with Gasteiger partial charge in [0.2, 0.25) is 0 Å². The number of halogens is 1. The number of esters is 1. The molecule has 1 aromatic heterocycles. The van der Waals surface area contributed by atoms with Crippen molar-refractivity contribution in [1.29, 1.82) is 0 Å². The van der Waals surface area contributed by atoms with E-state index in [0.29, 0.717) is 38.5 Å². The Morgan fingerprint density at radius 3 is 2.56 bits per heavy atom. The summed E-state index contributed by atoms with van der Waals surface area (Å²) in [5.74, 6) is -0.229. The largest absolute Gasteiger partial charge is 0.490 e. The van der Waals surface area contributed by atoms with Crippen LogP contribution in [0.4, 0.5) is 4.39 Å². The SMILES string of the molecule is C=CCOc1ccc([C@@H]2C(C(=O)OCC)=C(C)N=c3sc(=Cc4ccc(F)cc4)c(=O)n32)cc1. The Labute approximate surface area is 199 Å². The highest BCUT2D eigenvalue weighted by molar-refractivity contribution is 7.07. The zero-order valence-electron chi connectivity index (χ0n) is 18.8. The predicted molar refractivity (Wildman–Crippen MR) is 129 cm³/mol. The van der Waals surface area contributed by atoms with E-state index in [1.54, 1.807) is 50.3 Å². The van der Waals surface area contributed by atoms with Gasteiger partial charge in [0.1, 0.15) is 18.2 Å². The Morgan fingerprint density at radius 1 is 1.21 bits per heavy atom. The molecule has 1 aliphatic heterocycles. The Kier molecular flexibility index (Phi) is 6.88. The number of thiazole rings is 1. The topological polar surface area (TPSA) is 69.9 Å². The maximum Gasteiger partial charge on any atom is 0.338 e. The van der Waals surface area contributed by atoms with Gasteiger partial charge in [-0.3, -0.25) is 9.36 Å². The summed E-state index contributed by atoms with van der Waals surface area (Å²) in [4.78, 5) is 31.4. The lowest BCUT2D eigenvalue weighted by Gasteiger charge is -2.24. The van der Waals surface area contributed by atoms with E-state index in [2.05, 4.69) is 11.6 Å². The zero-order chi connectivity index (χ0) is 24.2. The molecule has 0 saturated heterocycles. The molecule has 0 saturated carbocycles. The van der Waals surface area contributed by atoms with Crippen LogP contribution in [0.1, 0.15) is 31.0 Å². The first kappa shape index (κ1) is 23.4. The highest BCUT2D eigenvalue weighted by Gasteiger charge is 2.33. The van der Waals surface area contributed by atoms with Gasteiger partial charge >= 0.3 is 5.97 Å². The molecule has 1 aliphatic rings. The van der Waals surface area contributed by atoms with E-state index < -0.39 is 12.0 Å². The third kappa shape index (κ3) is 4.63. The first-order chi connectivity index (χ1) is 16.4. The molecule has 0 spiro atoms. The number of aromatic nitrogens is 1. The number of carbonyl (C=O) groups is 1. The molecule has 0 bridgehead atoms. The highest BCUT2D eigenvalue weighted by Crippen LogP contribution is 2.31. The minimum Gasteiger partial charge on any atom is -0.490 e. The summed E-state index contributed by atoms with van der Waals surface area (Å²) in [6.45, 7) is 7.67. The molecule has 2 aromatic carbocycles. The Bertz CT molecular complexity index is 1430. The van der Waals surface area contributed by atoms with Crippen LogP contribution in [0.5, 0.6) is 5.75 Å². The van der Waals surface area contributed by atoms with Gasteiger partial charge in [0.05, 0.1) is 28.5 Å². The lowest BCUT2D eigenvalue weighted by atomic mass is 9.96. The number of benzene rings is 2. The summed E-state index contributed by atoms with van der Waals surface area (Å²) in [6.07, 6.45) is 3.34. The molecule has 8 heteroatoms. The van der Waals surface area contributed by atoms with Gasteiger partial charge in [0.15, 0.2) is 4.80 Å². The second kappa shape index (κ2) is 10.0. The fourth-order valence-electron chi connectivity index (χ4n) is 3.72. The predicted octanol–water partition coefficient (Wildman–Crippen LogP) is 3.50. The number of fused-ring (bicyclic) bond motifs is 1. The number of carbonyl (C=O) groups excluding carboxylic acids is 1. The molecule has 0 radical (unpaired) electrons. The van der Waals surface area contributed by atoms with Gasteiger partial charge in [0, 0.05) is 0 Å². The summed E-state index contributed by atoms with van der Waals surface area (Å²) >= 11 is 1.22. The molecule has 6 nitrogen and oxygen atoms in total. The molecule has 3 aromatic rings. The van der Waals surface area contributed by atoms with Crippen LogP contribution in [-0.2, 0) is 9.53 Å². The van der Waals surface area contributed by atoms with Crippen molar-refractivity contribution in [3.8, 4) is 5.75 Å². The third-order valence-electron chi connectivity index (χ3n) is 5.25. The molecule has 4 rings (SSSR count). The van der Waals surface area contributed by atoms with E-state index in [1.165, 1.54) is 28.0 Å². The van der Waals surface area contributed by atoms with Gasteiger partial charge in [-0.1, -0.05) is 48.3 Å². The van der Waals surface area contributed by atoms with Crippen molar-refractivity contribution in [3.63, 3.8) is 0 Å². The molecular formula is C26H23FN2O4S. The van der Waals surface area contributed by atoms with Crippen molar-refractivity contribution in [3.05, 3.63) is 109 Å². The van der Waals surface area contributed by atoms with Crippen LogP contribution in [0, 0.1) is 5.82 Å². The molecule has 34 heavy (non-hydrogen) atoms. The van der Waals surface area contributed by atoms with Crippen molar-refractivity contribution in [2.24, 2.45) is 4.99 Å². The van der Waals surface area contributed by atoms with E-state index in [-0.39, 0.29) is 18.0 Å². The number of ether oxygens (including phenoxy) is 2. The first-order valence-corrected chi connectivity index (χ1v) is 11.5. The molecular weight excluding hydrogens is 455 g/mol. The van der Waals surface area contributed by atoms with Crippen molar-refractivity contribution in [2.45, 2.75) is 19.9 Å². The zero-order valence-corrected chi connectivity index (χ0v) is 19.6. The quantitative estimate of drug-likeness (QED) is 0.385. The summed E-state index contributed by atoms with van der Waals surface area (Å²) in [6, 6.07) is 12.4. The molecule has 1 atom stereocenters. The van der Waals surface area contributed by atoms with Crippen LogP contribution in [0.25, 0.3) is 6.08 Å². The van der Waals surface area contributed by atoms with Crippen molar-refractivity contribution in [1.82, 2.24) is 4.57 Å². The van der Waals surface area contributed by atoms with Crippen molar-refractivity contribution in [2.75, 3.05) is 13.2 Å². The minimum absolute atomic E-state index is 0.200. The lowest BCUT2D eigenvalue weighted by Crippen LogP contribution is -2.39. The number of nitrogens with zero attached hydrogens (tertiary/aromatic N) is 2. The lowest BCUT2D eigenvalue weighted by molar-refractivity contribution is -0.139. The number of hydrogen-bond acceptors (Lipinski definition) is 6. The maximum absolute atomic E-state index is 13.5. The second-order valence-corrected chi connectivity index (χ2v) is 8.53. The van der Waals surface area contributed by atoms with Gasteiger partial charge in [0.25, 0.3) is 5.56 Å². The van der Waals surface area contributed by atoms with Gasteiger partial charge < -0.3 is 9.47 Å². The van der Waals surface area contributed by atoms with E-state index >= 15 is 0 Å². The summed E-state index contributed by atoms with van der Waals surface area (Å²) in [7, 11) is 0. The third-order valence-corrected chi connectivity index (χ3v) is 6.23. The second-order valence-electron chi connectivity index (χ2n) is 7.52. The molecule has 0 amide bonds. The molecule has 0 fully saturated rings. The van der Waals surface area contributed by atoms with Crippen LogP contribution in [0.3, 0.4) is 0 Å². The first-order valence-electron chi connectivity index (χ1n) is 10.7. The molecule has 0 N–H and O–H groups in total. The fraction of sp³-hybridized carbons (Fsp3) is 0.192. The molecule has 174 valence electrons. The molecule has 2 heterocycles. The average molecular weight is 479 g/mol. The number of hydrogen-bond donors (Lipinski definition) is 0. The van der Waals surface area contributed by atoms with Crippen LogP contribution in [-0.4, -0.2) is 23.8 Å². The van der Waals surface area contributed by atoms with E-state index in [4.69, 9.17) is 9.47 Å². The standard InChI is InChI=1S/C26H23FN2O4S/c1-4-14-33-20-12-8-18(9-13-20)23-22(25(31)32-5-2)16(3)28-26-29(23)24(30)21(34-26)15-17-6-10-19(27)11-7-17/h4,6-13,15,23H,1,5,14H2,2-3H3/t23-/m1/s1. The summed E-state index contributed by atoms with van der Waals surface area (Å²) < 4.78 is 26.1. The van der Waals surface area contributed by atoms with Crippen molar-refractivity contribution >= 4 is 23.4 Å². The van der Waals surface area contributed by atoms with Gasteiger partial charge in [-0.15, -0.1) is 0 Å². The maximum atomic E-state index is 13.5. The van der Waals surface area contributed by atoms with Gasteiger partial charge in [-0.05, 0) is 55.3 Å². The van der Waals surface area contributed by atoms with Crippen LogP contribution >= 0.6 is 11.3 Å². The Balaban J connectivity index is 1.88. The van der Waals surface area contributed by atoms with Gasteiger partial charge in [-0.25, -0.2) is 14.2 Å². The highest BCUT2D eigenvalue weighted by atomic mass is 32.1. The average Bonchev–Trinajstić information content (AvgIpc) is 3.13. The number of rotatable bonds is 7. The van der Waals surface area contributed by atoms with Gasteiger partial charge in [-0.2, -0.15) is 0 Å². The number of allylic oxidation sites excluding steroid dienone is 1. The van der Waals surface area contributed by atoms with E-state index in [1.807, 2.05) is 12.1 Å². The molecule has 0 aliphatic carbocycles. The fourth-order valence-corrected chi connectivity index (χ4v) is 4.77. The summed E-state index contributed by atoms with van der Waals surface area (Å²) in [5.41, 5.74) is 1.91. The van der Waals surface area contributed by atoms with Crippen LogP contribution < -0.4 is 19.6 Å². The normalized spacial score (nSPS) is 15.5. The minimum atomic E-state index is -0.709. The monoisotopic (exact) mass is 478 g/mol. The summed E-state index contributed by atoms with van der Waals surface area (Å²) in [5, 5.41) is 0. The van der Waals surface area contributed by atoms with E-state index in [9.17, 15) is 14.0 Å². The molecule has 0 unspecified atom stereocenters. The van der Waals surface area contributed by atoms with Crippen LogP contribution in [0.15, 0.2) is 82.2 Å². The Morgan fingerprint density at radius 2 is 1.91 bits per heavy atom. The van der Waals surface area contributed by atoms with E-state index in [0.717, 1.165) is 5.56 Å². The Hall–Kier alpha value is -3.78. The van der Waals surface area contributed by atoms with Crippen molar-refractivity contribution < 1.29 is 18.7 Å². The van der Waals surface area contributed by atoms with Crippen LogP contribution in [0.2, 0.25) is 0 Å². The smallest absolute Gasteiger partial charge is 0.338 e.